The number of H-pyrrole nitrogens is 1. The number of nitrogens with one attached hydrogen (secondary N) is 3. The molecule has 10 nitrogen and oxygen atoms in total. The highest BCUT2D eigenvalue weighted by Crippen LogP contribution is 2.34. The van der Waals surface area contributed by atoms with Crippen molar-refractivity contribution in [2.24, 2.45) is 0 Å². The molecule has 14 heteroatoms. The molecule has 0 aromatic carbocycles. The molecule has 192 valence electrons. The number of amides is 1. The van der Waals surface area contributed by atoms with E-state index in [0.29, 0.717) is 17.2 Å². The minimum absolute atomic E-state index is 0.0154. The molecule has 0 bridgehead atoms. The lowest BCUT2D eigenvalue weighted by Gasteiger charge is -2.43. The normalized spacial score (nSPS) is 14.5. The van der Waals surface area contributed by atoms with E-state index in [-0.39, 0.29) is 36.8 Å². The van der Waals surface area contributed by atoms with Crippen LogP contribution in [0.25, 0.3) is 5.82 Å². The van der Waals surface area contributed by atoms with Gasteiger partial charge >= 0.3 is 0 Å². The molecule has 4 aromatic rings. The zero-order valence-corrected chi connectivity index (χ0v) is 19.4. The van der Waals surface area contributed by atoms with Crippen LogP contribution in [-0.4, -0.2) is 54.6 Å². The number of aromatic nitrogens is 6. The number of anilines is 3. The Morgan fingerprint density at radius 2 is 1.97 bits per heavy atom. The SMILES string of the molecule is Cc1cc(Nc2cc(C(F)F)cc(N3CC(F)(C(=O)NCc4ccc(-n5cc(F)cn5)nc4)C3)n2)n[nH]1. The molecule has 3 N–H and O–H groups in total. The molecule has 0 saturated carbocycles. The number of hydrogen-bond donors (Lipinski definition) is 3. The van der Waals surface area contributed by atoms with Crippen LogP contribution in [0.5, 0.6) is 0 Å². The molecule has 37 heavy (non-hydrogen) atoms. The number of nitrogens with zero attached hydrogens (tertiary/aromatic N) is 6. The minimum atomic E-state index is -2.77. The second kappa shape index (κ2) is 9.52. The third kappa shape index (κ3) is 5.22. The third-order valence-electron chi connectivity index (χ3n) is 5.71. The number of rotatable bonds is 8. The van der Waals surface area contributed by atoms with Crippen LogP contribution in [0.1, 0.15) is 23.2 Å². The van der Waals surface area contributed by atoms with Gasteiger partial charge in [-0.05, 0) is 30.7 Å². The summed E-state index contributed by atoms with van der Waals surface area (Å²) in [6.07, 6.45) is 0.912. The summed E-state index contributed by atoms with van der Waals surface area (Å²) in [7, 11) is 0. The topological polar surface area (TPSA) is 117 Å². The highest BCUT2D eigenvalue weighted by atomic mass is 19.3. The Bertz CT molecular complexity index is 1410. The van der Waals surface area contributed by atoms with Crippen molar-refractivity contribution in [3.8, 4) is 5.82 Å². The first-order chi connectivity index (χ1) is 17.7. The van der Waals surface area contributed by atoms with Gasteiger partial charge in [0.2, 0.25) is 5.67 Å². The first-order valence-corrected chi connectivity index (χ1v) is 11.2. The number of hydrogen-bond acceptors (Lipinski definition) is 7. The summed E-state index contributed by atoms with van der Waals surface area (Å²) in [6.45, 7) is 1.11. The predicted molar refractivity (Wildman–Crippen MR) is 125 cm³/mol. The predicted octanol–water partition coefficient (Wildman–Crippen LogP) is 3.36. The van der Waals surface area contributed by atoms with Gasteiger partial charge in [0.15, 0.2) is 17.5 Å². The van der Waals surface area contributed by atoms with Gasteiger partial charge in [0.05, 0.1) is 25.5 Å². The quantitative estimate of drug-likeness (QED) is 0.308. The second-order valence-corrected chi connectivity index (χ2v) is 8.64. The van der Waals surface area contributed by atoms with E-state index in [2.05, 4.69) is 35.9 Å². The van der Waals surface area contributed by atoms with E-state index in [1.165, 1.54) is 34.1 Å². The summed E-state index contributed by atoms with van der Waals surface area (Å²) in [5, 5.41) is 15.9. The van der Waals surface area contributed by atoms with Gasteiger partial charge in [-0.15, -0.1) is 0 Å². The molecule has 1 aliphatic rings. The number of aryl methyl sites for hydroxylation is 1. The average Bonchev–Trinajstić information content (AvgIpc) is 3.48. The molecule has 5 rings (SSSR count). The van der Waals surface area contributed by atoms with Crippen LogP contribution in [0.2, 0.25) is 0 Å². The van der Waals surface area contributed by atoms with Crippen molar-refractivity contribution in [3.63, 3.8) is 0 Å². The fourth-order valence-corrected chi connectivity index (χ4v) is 3.79. The van der Waals surface area contributed by atoms with E-state index in [4.69, 9.17) is 0 Å². The molecule has 0 radical (unpaired) electrons. The molecule has 0 spiro atoms. The number of halogens is 4. The summed E-state index contributed by atoms with van der Waals surface area (Å²) in [5.41, 5.74) is -1.15. The van der Waals surface area contributed by atoms with Gasteiger partial charge in [0.25, 0.3) is 12.3 Å². The van der Waals surface area contributed by atoms with Crippen molar-refractivity contribution in [1.82, 2.24) is 35.3 Å². The number of pyridine rings is 2. The summed E-state index contributed by atoms with van der Waals surface area (Å²) in [6, 6.07) is 7.27. The Hall–Kier alpha value is -4.49. The third-order valence-corrected chi connectivity index (χ3v) is 5.71. The molecular weight excluding hydrogens is 494 g/mol. The highest BCUT2D eigenvalue weighted by molar-refractivity contribution is 5.88. The van der Waals surface area contributed by atoms with Crippen LogP contribution in [0, 0.1) is 12.7 Å². The van der Waals surface area contributed by atoms with Crippen LogP contribution >= 0.6 is 0 Å². The first kappa shape index (κ1) is 24.2. The average molecular weight is 515 g/mol. The number of alkyl halides is 3. The summed E-state index contributed by atoms with van der Waals surface area (Å²) >= 11 is 0. The van der Waals surface area contributed by atoms with Crippen LogP contribution in [-0.2, 0) is 11.3 Å². The van der Waals surface area contributed by atoms with Gasteiger partial charge in [0, 0.05) is 30.1 Å². The lowest BCUT2D eigenvalue weighted by atomic mass is 9.95. The van der Waals surface area contributed by atoms with Crippen molar-refractivity contribution in [2.75, 3.05) is 23.3 Å². The number of aromatic amines is 1. The zero-order valence-electron chi connectivity index (χ0n) is 19.4. The molecule has 1 saturated heterocycles. The smallest absolute Gasteiger partial charge is 0.264 e. The maximum atomic E-state index is 15.2. The van der Waals surface area contributed by atoms with Gasteiger partial charge in [-0.2, -0.15) is 10.2 Å². The van der Waals surface area contributed by atoms with E-state index >= 15 is 4.39 Å². The molecule has 0 unspecified atom stereocenters. The standard InChI is InChI=1S/C23H21F4N9O/c1-13-4-18(34-33-13)31-17-5-15(21(25)26)6-20(32-17)35-11-23(27,12-35)22(37)29-8-14-2-3-19(28-7-14)36-10-16(24)9-30-36/h2-7,9-10,21H,8,11-12H2,1H3,(H,29,37)(H2,31,32,33,34). The summed E-state index contributed by atoms with van der Waals surface area (Å²) in [5.74, 6) is -0.332. The van der Waals surface area contributed by atoms with Gasteiger partial charge in [-0.1, -0.05) is 6.07 Å². The summed E-state index contributed by atoms with van der Waals surface area (Å²) < 4.78 is 56.5. The molecule has 1 amide bonds. The Morgan fingerprint density at radius 1 is 1.16 bits per heavy atom. The first-order valence-electron chi connectivity index (χ1n) is 11.2. The van der Waals surface area contributed by atoms with E-state index in [1.807, 2.05) is 0 Å². The maximum absolute atomic E-state index is 15.2. The van der Waals surface area contributed by atoms with E-state index in [9.17, 15) is 18.0 Å². The largest absolute Gasteiger partial charge is 0.349 e. The lowest BCUT2D eigenvalue weighted by Crippen LogP contribution is -2.66. The van der Waals surface area contributed by atoms with E-state index < -0.39 is 23.8 Å². The minimum Gasteiger partial charge on any atom is -0.349 e. The molecular formula is C23H21F4N9O. The molecule has 4 aromatic heterocycles. The van der Waals surface area contributed by atoms with Crippen molar-refractivity contribution in [3.05, 3.63) is 71.6 Å². The van der Waals surface area contributed by atoms with Gasteiger partial charge in [-0.25, -0.2) is 32.2 Å². The van der Waals surface area contributed by atoms with Crippen LogP contribution < -0.4 is 15.5 Å². The Kier molecular flexibility index (Phi) is 6.23. The summed E-state index contributed by atoms with van der Waals surface area (Å²) in [4.78, 5) is 22.4. The Morgan fingerprint density at radius 3 is 2.59 bits per heavy atom. The van der Waals surface area contributed by atoms with Crippen LogP contribution in [0.4, 0.5) is 35.0 Å². The van der Waals surface area contributed by atoms with Crippen molar-refractivity contribution in [2.45, 2.75) is 25.6 Å². The molecule has 0 aliphatic carbocycles. The van der Waals surface area contributed by atoms with Crippen LogP contribution in [0.15, 0.2) is 48.9 Å². The second-order valence-electron chi connectivity index (χ2n) is 8.64. The van der Waals surface area contributed by atoms with Crippen molar-refractivity contribution >= 4 is 23.4 Å². The molecule has 1 aliphatic heterocycles. The van der Waals surface area contributed by atoms with Crippen molar-refractivity contribution < 1.29 is 22.4 Å². The van der Waals surface area contributed by atoms with E-state index in [0.717, 1.165) is 11.9 Å². The number of carbonyl (C=O) groups excluding carboxylic acids is 1. The lowest BCUT2D eigenvalue weighted by molar-refractivity contribution is -0.134. The molecule has 5 heterocycles. The van der Waals surface area contributed by atoms with Gasteiger partial charge < -0.3 is 15.5 Å². The van der Waals surface area contributed by atoms with Crippen LogP contribution in [0.3, 0.4) is 0 Å². The fourth-order valence-electron chi connectivity index (χ4n) is 3.79. The van der Waals surface area contributed by atoms with Gasteiger partial charge in [0.1, 0.15) is 11.6 Å². The van der Waals surface area contributed by atoms with Crippen molar-refractivity contribution in [1.29, 1.82) is 0 Å². The number of carbonyl (C=O) groups is 1. The van der Waals surface area contributed by atoms with Gasteiger partial charge in [-0.3, -0.25) is 9.89 Å². The maximum Gasteiger partial charge on any atom is 0.264 e. The van der Waals surface area contributed by atoms with E-state index in [1.54, 1.807) is 25.1 Å². The molecule has 0 atom stereocenters. The molecule has 1 fully saturated rings. The zero-order chi connectivity index (χ0) is 26.2. The Labute approximate surface area is 207 Å². The highest BCUT2D eigenvalue weighted by Gasteiger charge is 2.50. The fraction of sp³-hybridized carbons (Fsp3) is 0.261. The Balaban J connectivity index is 1.20. The monoisotopic (exact) mass is 515 g/mol.